The average Bonchev–Trinajstić information content (AvgIpc) is 2.06. The maximum absolute atomic E-state index is 10.6. The summed E-state index contributed by atoms with van der Waals surface area (Å²) in [6.45, 7) is 0. The predicted octanol–water partition coefficient (Wildman–Crippen LogP) is 0.288. The van der Waals surface area contributed by atoms with Gasteiger partial charge in [-0.05, 0) is 5.56 Å². The fourth-order valence-corrected chi connectivity index (χ4v) is 0.869. The summed E-state index contributed by atoms with van der Waals surface area (Å²) in [6, 6.07) is 4.67. The largest absolute Gasteiger partial charge is 0.329 e. The molecule has 0 aliphatic carbocycles. The molecule has 1 heterocycles. The van der Waals surface area contributed by atoms with Gasteiger partial charge in [0.2, 0.25) is 5.56 Å². The second-order valence-corrected chi connectivity index (χ2v) is 2.45. The third kappa shape index (κ3) is 1.94. The van der Waals surface area contributed by atoms with Gasteiger partial charge in [0, 0.05) is 18.3 Å². The molecule has 62 valence electrons. The molecular weight excluding hydrogens is 154 g/mol. The van der Waals surface area contributed by atoms with Gasteiger partial charge in [-0.1, -0.05) is 6.07 Å². The Hall–Kier alpha value is -1.60. The van der Waals surface area contributed by atoms with E-state index in [1.165, 1.54) is 12.3 Å². The van der Waals surface area contributed by atoms with Crippen LogP contribution in [0.15, 0.2) is 23.1 Å². The summed E-state index contributed by atoms with van der Waals surface area (Å²) in [4.78, 5) is 13.1. The Bertz CT molecular complexity index is 330. The number of hydrogen-bond acceptors (Lipinski definition) is 3. The number of hydrogen-bond donors (Lipinski definition) is 2. The normalized spacial score (nSPS) is 12.0. The molecule has 1 atom stereocenters. The van der Waals surface area contributed by atoms with Crippen molar-refractivity contribution in [2.75, 3.05) is 0 Å². The summed E-state index contributed by atoms with van der Waals surface area (Å²) in [6.07, 6.45) is 1.79. The van der Waals surface area contributed by atoms with Gasteiger partial charge in [0.05, 0.1) is 12.5 Å². The number of nitrogens with zero attached hydrogens (tertiary/aromatic N) is 1. The zero-order valence-electron chi connectivity index (χ0n) is 6.45. The van der Waals surface area contributed by atoms with Gasteiger partial charge < -0.3 is 10.7 Å². The molecule has 4 heteroatoms. The summed E-state index contributed by atoms with van der Waals surface area (Å²) < 4.78 is 0. The highest BCUT2D eigenvalue weighted by Gasteiger charge is 2.03. The van der Waals surface area contributed by atoms with Gasteiger partial charge in [-0.3, -0.25) is 4.79 Å². The lowest BCUT2D eigenvalue weighted by Crippen LogP contribution is -2.12. The van der Waals surface area contributed by atoms with E-state index in [1.54, 1.807) is 6.07 Å². The summed E-state index contributed by atoms with van der Waals surface area (Å²) in [7, 11) is 0. The summed E-state index contributed by atoms with van der Waals surface area (Å²) in [5.74, 6) is 0. The highest BCUT2D eigenvalue weighted by atomic mass is 16.1. The number of nitrogens with two attached hydrogens (primary N) is 1. The lowest BCUT2D eigenvalue weighted by atomic mass is 10.1. The van der Waals surface area contributed by atoms with Crippen LogP contribution >= 0.6 is 0 Å². The number of aromatic amines is 1. The Labute approximate surface area is 69.6 Å². The van der Waals surface area contributed by atoms with Crippen molar-refractivity contribution in [2.45, 2.75) is 12.5 Å². The fraction of sp³-hybridized carbons (Fsp3) is 0.250. The van der Waals surface area contributed by atoms with Gasteiger partial charge in [0.1, 0.15) is 0 Å². The maximum atomic E-state index is 10.6. The predicted molar refractivity (Wildman–Crippen MR) is 44.2 cm³/mol. The zero-order valence-corrected chi connectivity index (χ0v) is 6.45. The zero-order chi connectivity index (χ0) is 8.97. The molecule has 0 radical (unpaired) electrons. The first kappa shape index (κ1) is 8.50. The molecule has 0 saturated heterocycles. The molecule has 12 heavy (non-hydrogen) atoms. The highest BCUT2D eigenvalue weighted by molar-refractivity contribution is 5.14. The fourth-order valence-electron chi connectivity index (χ4n) is 0.869. The van der Waals surface area contributed by atoms with Gasteiger partial charge in [-0.2, -0.15) is 5.26 Å². The smallest absolute Gasteiger partial charge is 0.247 e. The molecule has 4 nitrogen and oxygen atoms in total. The quantitative estimate of drug-likeness (QED) is 0.657. The summed E-state index contributed by atoms with van der Waals surface area (Å²) in [5, 5.41) is 8.35. The molecule has 1 aromatic heterocycles. The Morgan fingerprint density at radius 1 is 1.67 bits per heavy atom. The first-order chi connectivity index (χ1) is 5.74. The monoisotopic (exact) mass is 163 g/mol. The number of nitrogens with one attached hydrogen (secondary N) is 1. The Morgan fingerprint density at radius 2 is 2.42 bits per heavy atom. The van der Waals surface area contributed by atoms with E-state index >= 15 is 0 Å². The third-order valence-electron chi connectivity index (χ3n) is 1.55. The topological polar surface area (TPSA) is 82.7 Å². The lowest BCUT2D eigenvalue weighted by molar-refractivity contribution is 0.743. The number of pyridine rings is 1. The van der Waals surface area contributed by atoms with Crippen LogP contribution in [0.1, 0.15) is 18.0 Å². The molecule has 3 N–H and O–H groups in total. The van der Waals surface area contributed by atoms with Crippen LogP contribution in [-0.2, 0) is 0 Å². The molecular formula is C8H9N3O. The van der Waals surface area contributed by atoms with Crippen molar-refractivity contribution in [3.05, 3.63) is 34.2 Å². The van der Waals surface area contributed by atoms with Crippen LogP contribution in [0.2, 0.25) is 0 Å². The number of H-pyrrole nitrogens is 1. The van der Waals surface area contributed by atoms with Crippen LogP contribution < -0.4 is 11.3 Å². The van der Waals surface area contributed by atoms with E-state index in [2.05, 4.69) is 4.98 Å². The Morgan fingerprint density at radius 3 is 2.92 bits per heavy atom. The molecule has 0 saturated carbocycles. The van der Waals surface area contributed by atoms with Gasteiger partial charge in [0.15, 0.2) is 0 Å². The molecule has 0 aliphatic rings. The van der Waals surface area contributed by atoms with Gasteiger partial charge in [-0.15, -0.1) is 0 Å². The van der Waals surface area contributed by atoms with Gasteiger partial charge in [-0.25, -0.2) is 0 Å². The number of nitriles is 1. The molecule has 0 spiro atoms. The third-order valence-corrected chi connectivity index (χ3v) is 1.55. The van der Waals surface area contributed by atoms with Gasteiger partial charge >= 0.3 is 0 Å². The van der Waals surface area contributed by atoms with E-state index in [0.29, 0.717) is 0 Å². The van der Waals surface area contributed by atoms with E-state index < -0.39 is 0 Å². The van der Waals surface area contributed by atoms with Crippen molar-refractivity contribution < 1.29 is 0 Å². The SMILES string of the molecule is N#CCC(N)c1ccc(=O)[nH]c1. The maximum Gasteiger partial charge on any atom is 0.247 e. The van der Waals surface area contributed by atoms with E-state index in [4.69, 9.17) is 11.0 Å². The van der Waals surface area contributed by atoms with Crippen molar-refractivity contribution in [3.8, 4) is 6.07 Å². The van der Waals surface area contributed by atoms with Crippen LogP contribution in [0, 0.1) is 11.3 Å². The van der Waals surface area contributed by atoms with E-state index in [0.717, 1.165) is 5.56 Å². The molecule has 1 aromatic rings. The molecule has 0 bridgehead atoms. The van der Waals surface area contributed by atoms with Crippen LogP contribution in [-0.4, -0.2) is 4.98 Å². The Kier molecular flexibility index (Phi) is 2.62. The second kappa shape index (κ2) is 3.69. The van der Waals surface area contributed by atoms with Crippen molar-refractivity contribution in [1.82, 2.24) is 4.98 Å². The van der Waals surface area contributed by atoms with Crippen LogP contribution in [0.4, 0.5) is 0 Å². The average molecular weight is 163 g/mol. The molecule has 0 fully saturated rings. The van der Waals surface area contributed by atoms with E-state index in [9.17, 15) is 4.79 Å². The minimum absolute atomic E-state index is 0.164. The first-order valence-corrected chi connectivity index (χ1v) is 3.55. The molecule has 0 aliphatic heterocycles. The lowest BCUT2D eigenvalue weighted by Gasteiger charge is -2.05. The first-order valence-electron chi connectivity index (χ1n) is 3.55. The highest BCUT2D eigenvalue weighted by Crippen LogP contribution is 2.09. The van der Waals surface area contributed by atoms with Crippen LogP contribution in [0.3, 0.4) is 0 Å². The van der Waals surface area contributed by atoms with E-state index in [-0.39, 0.29) is 18.0 Å². The summed E-state index contributed by atoms with van der Waals surface area (Å²) in [5.41, 5.74) is 6.22. The number of rotatable bonds is 2. The minimum atomic E-state index is -0.313. The minimum Gasteiger partial charge on any atom is -0.329 e. The van der Waals surface area contributed by atoms with Crippen LogP contribution in [0.25, 0.3) is 0 Å². The standard InChI is InChI=1S/C8H9N3O/c9-4-3-7(10)6-1-2-8(12)11-5-6/h1-2,5,7H,3,10H2,(H,11,12). The Balaban J connectivity index is 2.83. The van der Waals surface area contributed by atoms with Crippen molar-refractivity contribution >= 4 is 0 Å². The van der Waals surface area contributed by atoms with E-state index in [1.807, 2.05) is 6.07 Å². The van der Waals surface area contributed by atoms with Crippen LogP contribution in [0.5, 0.6) is 0 Å². The van der Waals surface area contributed by atoms with Gasteiger partial charge in [0.25, 0.3) is 0 Å². The number of aromatic nitrogens is 1. The van der Waals surface area contributed by atoms with Crippen molar-refractivity contribution in [3.63, 3.8) is 0 Å². The molecule has 0 aromatic carbocycles. The van der Waals surface area contributed by atoms with Crippen molar-refractivity contribution in [1.29, 1.82) is 5.26 Å². The second-order valence-electron chi connectivity index (χ2n) is 2.45. The van der Waals surface area contributed by atoms with Crippen molar-refractivity contribution in [2.24, 2.45) is 5.73 Å². The summed E-state index contributed by atoms with van der Waals surface area (Å²) >= 11 is 0. The molecule has 1 unspecified atom stereocenters. The molecule has 0 amide bonds. The molecule has 1 rings (SSSR count).